The van der Waals surface area contributed by atoms with Crippen molar-refractivity contribution in [3.05, 3.63) is 34.9 Å². The maximum Gasteiger partial charge on any atom is 0.399 e. The minimum Gasteiger partial charge on any atom is -0.315 e. The fourth-order valence-electron chi connectivity index (χ4n) is 2.13. The molecule has 0 aromatic heterocycles. The molecule has 1 N–H and O–H groups in total. The molecule has 1 heterocycles. The summed E-state index contributed by atoms with van der Waals surface area (Å²) in [6.45, 7) is 0.308. The molecule has 0 spiro atoms. The smallest absolute Gasteiger partial charge is 0.315 e. The summed E-state index contributed by atoms with van der Waals surface area (Å²) in [5, 5.41) is 3.12. The Hall–Kier alpha value is -0.740. The normalized spacial score (nSPS) is 26.0. The maximum atomic E-state index is 13.2. The largest absolute Gasteiger partial charge is 0.399 e. The molecule has 5 heteroatoms. The van der Waals surface area contributed by atoms with Crippen LogP contribution in [0.2, 0.25) is 5.02 Å². The zero-order valence-corrected chi connectivity index (χ0v) is 9.20. The van der Waals surface area contributed by atoms with Gasteiger partial charge in [0, 0.05) is 11.6 Å². The SMILES string of the molecule is FC(F)(F)[C@@]1(c2cccc(Cl)c2)CCNC1. The van der Waals surface area contributed by atoms with Crippen molar-refractivity contribution in [1.82, 2.24) is 5.32 Å². The fraction of sp³-hybridized carbons (Fsp3) is 0.455. The van der Waals surface area contributed by atoms with Gasteiger partial charge >= 0.3 is 6.18 Å². The molecule has 0 radical (unpaired) electrons. The quantitative estimate of drug-likeness (QED) is 0.806. The van der Waals surface area contributed by atoms with Crippen LogP contribution in [-0.2, 0) is 5.41 Å². The zero-order valence-electron chi connectivity index (χ0n) is 8.44. The third-order valence-corrected chi connectivity index (χ3v) is 3.31. The van der Waals surface area contributed by atoms with Crippen molar-refractivity contribution in [3.63, 3.8) is 0 Å². The van der Waals surface area contributed by atoms with E-state index >= 15 is 0 Å². The summed E-state index contributed by atoms with van der Waals surface area (Å²) < 4.78 is 39.5. The van der Waals surface area contributed by atoms with Crippen LogP contribution in [0.4, 0.5) is 13.2 Å². The van der Waals surface area contributed by atoms with Crippen molar-refractivity contribution in [3.8, 4) is 0 Å². The van der Waals surface area contributed by atoms with Gasteiger partial charge < -0.3 is 5.32 Å². The van der Waals surface area contributed by atoms with Crippen molar-refractivity contribution in [2.24, 2.45) is 0 Å². The van der Waals surface area contributed by atoms with Gasteiger partial charge in [-0.3, -0.25) is 0 Å². The van der Waals surface area contributed by atoms with Gasteiger partial charge in [0.15, 0.2) is 0 Å². The van der Waals surface area contributed by atoms with E-state index < -0.39 is 11.6 Å². The molecule has 1 saturated heterocycles. The molecule has 0 amide bonds. The summed E-state index contributed by atoms with van der Waals surface area (Å²) in [4.78, 5) is 0. The molecule has 88 valence electrons. The summed E-state index contributed by atoms with van der Waals surface area (Å²) in [6.07, 6.45) is -4.18. The lowest BCUT2D eigenvalue weighted by Crippen LogP contribution is -2.44. The van der Waals surface area contributed by atoms with E-state index in [1.54, 1.807) is 12.1 Å². The van der Waals surface area contributed by atoms with E-state index in [0.717, 1.165) is 0 Å². The third-order valence-electron chi connectivity index (χ3n) is 3.08. The van der Waals surface area contributed by atoms with Crippen molar-refractivity contribution in [2.45, 2.75) is 18.0 Å². The molecule has 1 fully saturated rings. The number of hydrogen-bond donors (Lipinski definition) is 1. The first-order valence-electron chi connectivity index (χ1n) is 4.99. The Labute approximate surface area is 96.6 Å². The molecule has 0 bridgehead atoms. The van der Waals surface area contributed by atoms with E-state index in [2.05, 4.69) is 5.32 Å². The highest BCUT2D eigenvalue weighted by molar-refractivity contribution is 6.30. The van der Waals surface area contributed by atoms with E-state index in [1.165, 1.54) is 12.1 Å². The molecule has 1 aromatic carbocycles. The Morgan fingerprint density at radius 1 is 1.31 bits per heavy atom. The summed E-state index contributed by atoms with van der Waals surface area (Å²) in [7, 11) is 0. The molecule has 0 saturated carbocycles. The summed E-state index contributed by atoms with van der Waals surface area (Å²) in [5.41, 5.74) is -1.53. The first-order chi connectivity index (χ1) is 7.46. The summed E-state index contributed by atoms with van der Waals surface area (Å²) in [6, 6.07) is 6.04. The van der Waals surface area contributed by atoms with Gasteiger partial charge in [-0.15, -0.1) is 0 Å². The number of halogens is 4. The van der Waals surface area contributed by atoms with E-state index in [-0.39, 0.29) is 18.5 Å². The lowest BCUT2D eigenvalue weighted by Gasteiger charge is -2.31. The Balaban J connectivity index is 2.48. The van der Waals surface area contributed by atoms with E-state index in [9.17, 15) is 13.2 Å². The third kappa shape index (κ3) is 1.80. The predicted molar refractivity (Wildman–Crippen MR) is 56.7 cm³/mol. The Morgan fingerprint density at radius 2 is 2.06 bits per heavy atom. The van der Waals surface area contributed by atoms with Gasteiger partial charge in [-0.2, -0.15) is 13.2 Å². The molecular formula is C11H11ClF3N. The number of alkyl halides is 3. The second-order valence-electron chi connectivity index (χ2n) is 4.02. The standard InChI is InChI=1S/C11H11ClF3N/c12-9-3-1-2-8(6-9)10(11(13,14)15)4-5-16-7-10/h1-3,6,16H,4-5,7H2/t10-/m0/s1. The molecule has 1 aliphatic rings. The molecule has 1 nitrogen and oxygen atoms in total. The van der Waals surface area contributed by atoms with Crippen LogP contribution in [0.1, 0.15) is 12.0 Å². The lowest BCUT2D eigenvalue weighted by molar-refractivity contribution is -0.184. The van der Waals surface area contributed by atoms with Gasteiger partial charge in [-0.25, -0.2) is 0 Å². The van der Waals surface area contributed by atoms with Gasteiger partial charge in [0.25, 0.3) is 0 Å². The van der Waals surface area contributed by atoms with Gasteiger partial charge in [0.2, 0.25) is 0 Å². The van der Waals surface area contributed by atoms with Gasteiger partial charge in [-0.1, -0.05) is 23.7 Å². The van der Waals surface area contributed by atoms with Gasteiger partial charge in [0.1, 0.15) is 5.41 Å². The second kappa shape index (κ2) is 3.93. The highest BCUT2D eigenvalue weighted by atomic mass is 35.5. The summed E-state index contributed by atoms with van der Waals surface area (Å²) >= 11 is 5.75. The van der Waals surface area contributed by atoms with Gasteiger partial charge in [-0.05, 0) is 30.7 Å². The molecule has 16 heavy (non-hydrogen) atoms. The highest BCUT2D eigenvalue weighted by Gasteiger charge is 2.57. The topological polar surface area (TPSA) is 12.0 Å². The van der Waals surface area contributed by atoms with E-state index in [0.29, 0.717) is 11.6 Å². The van der Waals surface area contributed by atoms with Crippen molar-refractivity contribution >= 4 is 11.6 Å². The predicted octanol–water partition coefficient (Wildman–Crippen LogP) is 3.13. The minimum atomic E-state index is -4.25. The molecule has 0 aliphatic carbocycles. The molecule has 1 aromatic rings. The number of benzene rings is 1. The van der Waals surface area contributed by atoms with Crippen LogP contribution in [0.3, 0.4) is 0 Å². The average molecular weight is 250 g/mol. The van der Waals surface area contributed by atoms with Crippen LogP contribution in [0.5, 0.6) is 0 Å². The first kappa shape index (κ1) is 11.7. The second-order valence-corrected chi connectivity index (χ2v) is 4.45. The first-order valence-corrected chi connectivity index (χ1v) is 5.37. The molecule has 2 rings (SSSR count). The minimum absolute atomic E-state index is 0.0663. The van der Waals surface area contributed by atoms with Crippen LogP contribution in [0, 0.1) is 0 Å². The zero-order chi connectivity index (χ0) is 11.8. The Kier molecular flexibility index (Phi) is 2.88. The number of nitrogens with one attached hydrogen (secondary N) is 1. The Bertz CT molecular complexity index is 383. The van der Waals surface area contributed by atoms with Gasteiger partial charge in [0.05, 0.1) is 0 Å². The van der Waals surface area contributed by atoms with E-state index in [4.69, 9.17) is 11.6 Å². The van der Waals surface area contributed by atoms with Crippen LogP contribution >= 0.6 is 11.6 Å². The lowest BCUT2D eigenvalue weighted by atomic mass is 9.79. The van der Waals surface area contributed by atoms with Crippen LogP contribution in [-0.4, -0.2) is 19.3 Å². The number of hydrogen-bond acceptors (Lipinski definition) is 1. The maximum absolute atomic E-state index is 13.2. The van der Waals surface area contributed by atoms with Crippen LogP contribution in [0.25, 0.3) is 0 Å². The van der Waals surface area contributed by atoms with Crippen LogP contribution in [0.15, 0.2) is 24.3 Å². The monoisotopic (exact) mass is 249 g/mol. The van der Waals surface area contributed by atoms with Crippen LogP contribution < -0.4 is 5.32 Å². The Morgan fingerprint density at radius 3 is 2.56 bits per heavy atom. The molecule has 1 aliphatic heterocycles. The highest BCUT2D eigenvalue weighted by Crippen LogP contribution is 2.45. The van der Waals surface area contributed by atoms with Crippen molar-refractivity contribution < 1.29 is 13.2 Å². The van der Waals surface area contributed by atoms with E-state index in [1.807, 2.05) is 0 Å². The van der Waals surface area contributed by atoms with Crippen molar-refractivity contribution in [1.29, 1.82) is 0 Å². The molecule has 1 atom stereocenters. The number of rotatable bonds is 1. The fourth-order valence-corrected chi connectivity index (χ4v) is 2.32. The van der Waals surface area contributed by atoms with Crippen molar-refractivity contribution in [2.75, 3.05) is 13.1 Å². The molecular weight excluding hydrogens is 239 g/mol. The molecule has 0 unspecified atom stereocenters. The summed E-state index contributed by atoms with van der Waals surface area (Å²) in [5.74, 6) is 0. The average Bonchev–Trinajstić information content (AvgIpc) is 2.66.